The zero-order valence-corrected chi connectivity index (χ0v) is 12.9. The van der Waals surface area contributed by atoms with E-state index in [2.05, 4.69) is 31.9 Å². The van der Waals surface area contributed by atoms with E-state index in [1.807, 2.05) is 37.4 Å². The highest BCUT2D eigenvalue weighted by Gasteiger charge is 2.07. The van der Waals surface area contributed by atoms with Gasteiger partial charge in [-0.05, 0) is 23.8 Å². The predicted octanol–water partition coefficient (Wildman–Crippen LogP) is 3.11. The summed E-state index contributed by atoms with van der Waals surface area (Å²) >= 11 is 8.50. The third-order valence-corrected chi connectivity index (χ3v) is 3.78. The minimum absolute atomic E-state index is 0.316. The second-order valence-corrected chi connectivity index (χ2v) is 5.51. The van der Waals surface area contributed by atoms with Crippen LogP contribution in [0.2, 0.25) is 0 Å². The summed E-state index contributed by atoms with van der Waals surface area (Å²) < 4.78 is 1.10. The Morgan fingerprint density at radius 1 is 1.37 bits per heavy atom. The number of pyridine rings is 1. The van der Waals surface area contributed by atoms with Crippen molar-refractivity contribution in [3.63, 3.8) is 0 Å². The molecule has 1 aromatic heterocycles. The number of thiocarbonyl (C=S) groups is 1. The second-order valence-electron chi connectivity index (χ2n) is 4.21. The first-order valence-electron chi connectivity index (χ1n) is 5.78. The van der Waals surface area contributed by atoms with E-state index in [1.165, 1.54) is 5.56 Å². The van der Waals surface area contributed by atoms with Gasteiger partial charge < -0.3 is 10.6 Å². The molecule has 2 aromatic rings. The van der Waals surface area contributed by atoms with Crippen LogP contribution in [0, 0.1) is 0 Å². The van der Waals surface area contributed by atoms with E-state index in [9.17, 15) is 0 Å². The Morgan fingerprint density at radius 3 is 2.79 bits per heavy atom. The van der Waals surface area contributed by atoms with Crippen molar-refractivity contribution in [2.75, 3.05) is 11.9 Å². The molecule has 0 unspecified atom stereocenters. The molecule has 0 bridgehead atoms. The fourth-order valence-electron chi connectivity index (χ4n) is 1.77. The van der Waals surface area contributed by atoms with Gasteiger partial charge in [0.15, 0.2) is 0 Å². The van der Waals surface area contributed by atoms with Crippen LogP contribution >= 0.6 is 28.1 Å². The molecule has 2 N–H and O–H groups in total. The Labute approximate surface area is 126 Å². The third-order valence-electron chi connectivity index (χ3n) is 2.80. The molecule has 5 heteroatoms. The molecule has 0 fully saturated rings. The van der Waals surface area contributed by atoms with Gasteiger partial charge in [0.05, 0.1) is 5.69 Å². The lowest BCUT2D eigenvalue weighted by Crippen LogP contribution is -2.18. The van der Waals surface area contributed by atoms with E-state index in [4.69, 9.17) is 18.0 Å². The van der Waals surface area contributed by atoms with Gasteiger partial charge in [0.1, 0.15) is 4.99 Å². The van der Waals surface area contributed by atoms with Crippen molar-refractivity contribution >= 4 is 38.8 Å². The quantitative estimate of drug-likeness (QED) is 0.871. The van der Waals surface area contributed by atoms with Crippen molar-refractivity contribution in [1.29, 1.82) is 0 Å². The van der Waals surface area contributed by atoms with Gasteiger partial charge in [0, 0.05) is 29.9 Å². The van der Waals surface area contributed by atoms with Crippen LogP contribution in [0.3, 0.4) is 0 Å². The molecule has 0 spiro atoms. The Balaban J connectivity index is 2.20. The van der Waals surface area contributed by atoms with Crippen LogP contribution in [-0.4, -0.2) is 17.0 Å². The maximum Gasteiger partial charge on any atom is 0.122 e. The molecule has 0 saturated carbocycles. The molecular formula is C14H14BrN3S. The molecule has 98 valence electrons. The molecule has 0 aliphatic heterocycles. The van der Waals surface area contributed by atoms with E-state index >= 15 is 0 Å². The van der Waals surface area contributed by atoms with E-state index in [1.54, 1.807) is 6.20 Å². The number of nitrogens with zero attached hydrogens (tertiary/aromatic N) is 2. The summed E-state index contributed by atoms with van der Waals surface area (Å²) in [6, 6.07) is 12.0. The lowest BCUT2D eigenvalue weighted by molar-refractivity contribution is 0.916. The number of hydrogen-bond donors (Lipinski definition) is 1. The van der Waals surface area contributed by atoms with Gasteiger partial charge in [-0.25, -0.2) is 0 Å². The van der Waals surface area contributed by atoms with Crippen LogP contribution in [0.5, 0.6) is 0 Å². The van der Waals surface area contributed by atoms with Gasteiger partial charge in [0.25, 0.3) is 0 Å². The van der Waals surface area contributed by atoms with Crippen LogP contribution in [0.1, 0.15) is 11.3 Å². The first kappa shape index (κ1) is 14.0. The van der Waals surface area contributed by atoms with Crippen molar-refractivity contribution in [3.05, 3.63) is 58.3 Å². The number of anilines is 1. The first-order chi connectivity index (χ1) is 9.08. The average Bonchev–Trinajstić information content (AvgIpc) is 2.41. The molecule has 0 atom stereocenters. The summed E-state index contributed by atoms with van der Waals surface area (Å²) in [4.78, 5) is 6.59. The number of aromatic nitrogens is 1. The highest BCUT2D eigenvalue weighted by atomic mass is 79.9. The molecule has 0 aliphatic carbocycles. The van der Waals surface area contributed by atoms with E-state index in [0.29, 0.717) is 10.7 Å². The third kappa shape index (κ3) is 3.52. The summed E-state index contributed by atoms with van der Waals surface area (Å²) in [6.45, 7) is 0.794. The van der Waals surface area contributed by atoms with Crippen molar-refractivity contribution < 1.29 is 0 Å². The van der Waals surface area contributed by atoms with Crippen molar-refractivity contribution in [2.45, 2.75) is 6.54 Å². The predicted molar refractivity (Wildman–Crippen MR) is 86.4 cm³/mol. The number of nitrogens with two attached hydrogens (primary N) is 1. The zero-order valence-electron chi connectivity index (χ0n) is 10.5. The van der Waals surface area contributed by atoms with Gasteiger partial charge in [-0.2, -0.15) is 0 Å². The Morgan fingerprint density at radius 2 is 2.11 bits per heavy atom. The summed E-state index contributed by atoms with van der Waals surface area (Å²) in [6.07, 6.45) is 1.72. The topological polar surface area (TPSA) is 42.2 Å². The molecule has 2 rings (SSSR count). The highest BCUT2D eigenvalue weighted by Crippen LogP contribution is 2.21. The molecule has 19 heavy (non-hydrogen) atoms. The number of rotatable bonds is 4. The molecular weight excluding hydrogens is 322 g/mol. The lowest BCUT2D eigenvalue weighted by atomic mass is 10.2. The normalized spacial score (nSPS) is 10.2. The van der Waals surface area contributed by atoms with Gasteiger partial charge in [0.2, 0.25) is 0 Å². The Bertz CT molecular complexity index is 601. The van der Waals surface area contributed by atoms with Gasteiger partial charge in [-0.1, -0.05) is 46.3 Å². The molecule has 0 radical (unpaired) electrons. The maximum atomic E-state index is 5.60. The molecule has 0 amide bonds. The van der Waals surface area contributed by atoms with Crippen LogP contribution in [-0.2, 0) is 6.54 Å². The molecule has 1 aromatic carbocycles. The monoisotopic (exact) mass is 335 g/mol. The minimum Gasteiger partial charge on any atom is -0.388 e. The Kier molecular flexibility index (Phi) is 4.50. The maximum absolute atomic E-state index is 5.60. The first-order valence-corrected chi connectivity index (χ1v) is 6.98. The molecule has 0 aliphatic rings. The SMILES string of the molecule is CN(Cc1ccccc1Br)c1ccnc(C(N)=S)c1. The fourth-order valence-corrected chi connectivity index (χ4v) is 2.29. The van der Waals surface area contributed by atoms with E-state index in [0.717, 1.165) is 16.7 Å². The fraction of sp³-hybridized carbons (Fsp3) is 0.143. The van der Waals surface area contributed by atoms with Crippen LogP contribution in [0.4, 0.5) is 5.69 Å². The van der Waals surface area contributed by atoms with Crippen molar-refractivity contribution in [1.82, 2.24) is 4.98 Å². The number of benzene rings is 1. The smallest absolute Gasteiger partial charge is 0.122 e. The summed E-state index contributed by atoms with van der Waals surface area (Å²) in [5.41, 5.74) is 8.50. The van der Waals surface area contributed by atoms with Crippen molar-refractivity contribution in [3.8, 4) is 0 Å². The second kappa shape index (κ2) is 6.12. The summed E-state index contributed by atoms with van der Waals surface area (Å²) in [5, 5.41) is 0. The standard InChI is InChI=1S/C14H14BrN3S/c1-18(9-10-4-2-3-5-12(10)15)11-6-7-17-13(8-11)14(16)19/h2-8H,9H2,1H3,(H2,16,19). The largest absolute Gasteiger partial charge is 0.388 e. The van der Waals surface area contributed by atoms with E-state index in [-0.39, 0.29) is 0 Å². The lowest BCUT2D eigenvalue weighted by Gasteiger charge is -2.20. The minimum atomic E-state index is 0.316. The number of hydrogen-bond acceptors (Lipinski definition) is 3. The molecule has 3 nitrogen and oxygen atoms in total. The van der Waals surface area contributed by atoms with Crippen LogP contribution in [0.25, 0.3) is 0 Å². The van der Waals surface area contributed by atoms with Crippen LogP contribution in [0.15, 0.2) is 47.1 Å². The van der Waals surface area contributed by atoms with Gasteiger partial charge >= 0.3 is 0 Å². The summed E-state index contributed by atoms with van der Waals surface area (Å²) in [5.74, 6) is 0. The van der Waals surface area contributed by atoms with Gasteiger partial charge in [-0.3, -0.25) is 4.98 Å². The summed E-state index contributed by atoms with van der Waals surface area (Å²) in [7, 11) is 2.03. The average molecular weight is 336 g/mol. The van der Waals surface area contributed by atoms with Crippen LogP contribution < -0.4 is 10.6 Å². The van der Waals surface area contributed by atoms with E-state index < -0.39 is 0 Å². The van der Waals surface area contributed by atoms with Gasteiger partial charge in [-0.15, -0.1) is 0 Å². The number of halogens is 1. The molecule has 1 heterocycles. The Hall–Kier alpha value is -1.46. The molecule has 0 saturated heterocycles. The highest BCUT2D eigenvalue weighted by molar-refractivity contribution is 9.10. The van der Waals surface area contributed by atoms with Crippen molar-refractivity contribution in [2.24, 2.45) is 5.73 Å². The zero-order chi connectivity index (χ0) is 13.8.